The molecule has 5 heteroatoms. The van der Waals surface area contributed by atoms with Crippen molar-refractivity contribution in [1.82, 2.24) is 5.48 Å². The summed E-state index contributed by atoms with van der Waals surface area (Å²) in [5.41, 5.74) is 2.08. The molecule has 0 aromatic rings. The Morgan fingerprint density at radius 2 is 1.92 bits per heavy atom. The van der Waals surface area contributed by atoms with Crippen molar-refractivity contribution >= 4 is 11.9 Å². The molecule has 0 rings (SSSR count). The van der Waals surface area contributed by atoms with E-state index in [1.807, 2.05) is 13.8 Å². The Morgan fingerprint density at radius 3 is 2.31 bits per heavy atom. The number of nitrogens with one attached hydrogen (secondary N) is 1. The lowest BCUT2D eigenvalue weighted by molar-refractivity contribution is -0.151. The molecule has 1 amide bonds. The van der Waals surface area contributed by atoms with Gasteiger partial charge in [-0.1, -0.05) is 20.8 Å². The van der Waals surface area contributed by atoms with E-state index in [2.05, 4.69) is 10.3 Å². The normalized spacial score (nSPS) is 12.6. The lowest BCUT2D eigenvalue weighted by Crippen LogP contribution is -2.33. The third-order valence-corrected chi connectivity index (χ3v) is 1.78. The summed E-state index contributed by atoms with van der Waals surface area (Å²) in [7, 11) is 0. The molecular weight excluding hydrogens is 174 g/mol. The predicted molar refractivity (Wildman–Crippen MR) is 45.7 cm³/mol. The van der Waals surface area contributed by atoms with Crippen molar-refractivity contribution < 1.29 is 19.5 Å². The molecule has 0 aliphatic carbocycles. The quantitative estimate of drug-likeness (QED) is 0.614. The number of carbonyl (C=O) groups excluding carboxylic acids is 1. The maximum atomic E-state index is 11.1. The number of carboxylic acids is 1. The summed E-state index contributed by atoms with van der Waals surface area (Å²) in [4.78, 5) is 25.6. The molecule has 0 radical (unpaired) electrons. The Bertz CT molecular complexity index is 191. The van der Waals surface area contributed by atoms with E-state index >= 15 is 0 Å². The van der Waals surface area contributed by atoms with Crippen molar-refractivity contribution in [2.24, 2.45) is 11.8 Å². The maximum absolute atomic E-state index is 11.1. The molecule has 5 nitrogen and oxygen atoms in total. The van der Waals surface area contributed by atoms with Crippen molar-refractivity contribution in [2.75, 3.05) is 6.61 Å². The minimum absolute atomic E-state index is 0.186. The Kier molecular flexibility index (Phi) is 5.06. The molecule has 0 aromatic heterocycles. The van der Waals surface area contributed by atoms with E-state index in [-0.39, 0.29) is 17.7 Å². The first-order valence-corrected chi connectivity index (χ1v) is 4.08. The Balaban J connectivity index is 3.68. The number of carbonyl (C=O) groups is 2. The molecule has 0 saturated heterocycles. The number of amides is 1. The van der Waals surface area contributed by atoms with Gasteiger partial charge in [0.15, 0.2) is 6.61 Å². The van der Waals surface area contributed by atoms with Crippen molar-refractivity contribution in [1.29, 1.82) is 0 Å². The SMILES string of the molecule is CC(C)C(C)C(=O)NOCC(=O)O. The molecule has 0 saturated carbocycles. The van der Waals surface area contributed by atoms with Gasteiger partial charge in [0.1, 0.15) is 0 Å². The van der Waals surface area contributed by atoms with Crippen LogP contribution in [0.2, 0.25) is 0 Å². The molecule has 0 aliphatic rings. The highest BCUT2D eigenvalue weighted by Gasteiger charge is 2.16. The van der Waals surface area contributed by atoms with Gasteiger partial charge in [-0.2, -0.15) is 0 Å². The Labute approximate surface area is 77.0 Å². The first-order chi connectivity index (χ1) is 5.95. The van der Waals surface area contributed by atoms with Crippen molar-refractivity contribution in [3.8, 4) is 0 Å². The average Bonchev–Trinajstić information content (AvgIpc) is 2.02. The van der Waals surface area contributed by atoms with Gasteiger partial charge < -0.3 is 5.11 Å². The van der Waals surface area contributed by atoms with Gasteiger partial charge in [0, 0.05) is 5.92 Å². The van der Waals surface area contributed by atoms with Gasteiger partial charge in [0.25, 0.3) is 0 Å². The standard InChI is InChI=1S/C8H15NO4/c1-5(2)6(3)8(12)9-13-4-7(10)11/h5-6H,4H2,1-3H3,(H,9,12)(H,10,11). The van der Waals surface area contributed by atoms with Gasteiger partial charge in [0.2, 0.25) is 5.91 Å². The van der Waals surface area contributed by atoms with Crippen LogP contribution in [0.25, 0.3) is 0 Å². The van der Waals surface area contributed by atoms with Crippen LogP contribution in [-0.4, -0.2) is 23.6 Å². The first-order valence-electron chi connectivity index (χ1n) is 4.08. The van der Waals surface area contributed by atoms with Crippen LogP contribution in [0, 0.1) is 11.8 Å². The smallest absolute Gasteiger partial charge is 0.332 e. The molecule has 2 N–H and O–H groups in total. The highest BCUT2D eigenvalue weighted by molar-refractivity contribution is 5.77. The fourth-order valence-electron chi connectivity index (χ4n) is 0.565. The monoisotopic (exact) mass is 189 g/mol. The molecule has 13 heavy (non-hydrogen) atoms. The van der Waals surface area contributed by atoms with Gasteiger partial charge in [0.05, 0.1) is 0 Å². The van der Waals surface area contributed by atoms with Crippen LogP contribution in [0.4, 0.5) is 0 Å². The molecule has 1 unspecified atom stereocenters. The first kappa shape index (κ1) is 11.9. The number of carboxylic acid groups (broad SMARTS) is 1. The van der Waals surface area contributed by atoms with E-state index in [4.69, 9.17) is 5.11 Å². The molecule has 0 aromatic carbocycles. The average molecular weight is 189 g/mol. The minimum Gasteiger partial charge on any atom is -0.479 e. The second-order valence-corrected chi connectivity index (χ2v) is 3.18. The summed E-state index contributed by atoms with van der Waals surface area (Å²) in [6, 6.07) is 0. The van der Waals surface area contributed by atoms with Crippen LogP contribution in [0.3, 0.4) is 0 Å². The number of aliphatic carboxylic acids is 1. The summed E-state index contributed by atoms with van der Waals surface area (Å²) >= 11 is 0. The van der Waals surface area contributed by atoms with Crippen LogP contribution in [0.1, 0.15) is 20.8 Å². The van der Waals surface area contributed by atoms with E-state index in [0.717, 1.165) is 0 Å². The predicted octanol–water partition coefficient (Wildman–Crippen LogP) is 0.411. The number of rotatable bonds is 5. The molecule has 0 spiro atoms. The zero-order valence-electron chi connectivity index (χ0n) is 8.03. The van der Waals surface area contributed by atoms with Gasteiger partial charge in [-0.25, -0.2) is 10.3 Å². The summed E-state index contributed by atoms with van der Waals surface area (Å²) < 4.78 is 0. The molecular formula is C8H15NO4. The lowest BCUT2D eigenvalue weighted by Gasteiger charge is -2.14. The second-order valence-electron chi connectivity index (χ2n) is 3.18. The fourth-order valence-corrected chi connectivity index (χ4v) is 0.565. The number of hydroxylamine groups is 1. The van der Waals surface area contributed by atoms with Gasteiger partial charge in [-0.15, -0.1) is 0 Å². The summed E-state index contributed by atoms with van der Waals surface area (Å²) in [6.45, 7) is 5.05. The van der Waals surface area contributed by atoms with Crippen molar-refractivity contribution in [2.45, 2.75) is 20.8 Å². The summed E-state index contributed by atoms with van der Waals surface area (Å²) in [5.74, 6) is -1.39. The minimum atomic E-state index is -1.11. The van der Waals surface area contributed by atoms with E-state index in [9.17, 15) is 9.59 Å². The molecule has 0 aliphatic heterocycles. The maximum Gasteiger partial charge on any atom is 0.332 e. The van der Waals surface area contributed by atoms with E-state index in [1.165, 1.54) is 0 Å². The fraction of sp³-hybridized carbons (Fsp3) is 0.750. The van der Waals surface area contributed by atoms with E-state index < -0.39 is 12.6 Å². The molecule has 0 bridgehead atoms. The second kappa shape index (κ2) is 5.53. The third kappa shape index (κ3) is 5.19. The van der Waals surface area contributed by atoms with Crippen LogP contribution >= 0.6 is 0 Å². The molecule has 0 fully saturated rings. The molecule has 0 heterocycles. The number of hydrogen-bond acceptors (Lipinski definition) is 3. The number of hydrogen-bond donors (Lipinski definition) is 2. The van der Waals surface area contributed by atoms with Crippen LogP contribution < -0.4 is 5.48 Å². The Morgan fingerprint density at radius 1 is 1.38 bits per heavy atom. The molecule has 76 valence electrons. The van der Waals surface area contributed by atoms with E-state index in [0.29, 0.717) is 0 Å². The summed E-state index contributed by atoms with van der Waals surface area (Å²) in [6.07, 6.45) is 0. The lowest BCUT2D eigenvalue weighted by atomic mass is 9.98. The van der Waals surface area contributed by atoms with Gasteiger partial charge >= 0.3 is 5.97 Å². The third-order valence-electron chi connectivity index (χ3n) is 1.78. The van der Waals surface area contributed by atoms with Crippen molar-refractivity contribution in [3.05, 3.63) is 0 Å². The largest absolute Gasteiger partial charge is 0.479 e. The highest BCUT2D eigenvalue weighted by atomic mass is 16.7. The van der Waals surface area contributed by atoms with Crippen LogP contribution in [-0.2, 0) is 14.4 Å². The Hall–Kier alpha value is -1.10. The highest BCUT2D eigenvalue weighted by Crippen LogP contribution is 2.08. The van der Waals surface area contributed by atoms with Crippen LogP contribution in [0.15, 0.2) is 0 Å². The zero-order valence-corrected chi connectivity index (χ0v) is 8.03. The topological polar surface area (TPSA) is 75.6 Å². The van der Waals surface area contributed by atoms with Gasteiger partial charge in [-0.3, -0.25) is 9.63 Å². The van der Waals surface area contributed by atoms with E-state index in [1.54, 1.807) is 6.92 Å². The van der Waals surface area contributed by atoms with Crippen LogP contribution in [0.5, 0.6) is 0 Å². The van der Waals surface area contributed by atoms with Gasteiger partial charge in [-0.05, 0) is 5.92 Å². The summed E-state index contributed by atoms with van der Waals surface area (Å²) in [5, 5.41) is 8.20. The zero-order chi connectivity index (χ0) is 10.4. The molecule has 1 atom stereocenters. The van der Waals surface area contributed by atoms with Crippen molar-refractivity contribution in [3.63, 3.8) is 0 Å².